The van der Waals surface area contributed by atoms with Gasteiger partial charge in [0.1, 0.15) is 5.82 Å². The standard InChI is InChI=1S/C31H33BN6O5S/c39-29(37-31-27(8-5-15-35-31)44-28-12-11-26(17-30(40)41)43-32(28)42)16-22-9-10-25(36-18-22)21-38(19-23-6-1-3-13-33-23)20-24-7-2-4-14-34-24/h1-10,13-15,18,26,28,42H,11-12,16-17,19-21H2,(H,40,41)(H,35,37,39)/p-1/t26-,28-/m0/s1. The van der Waals surface area contributed by atoms with Gasteiger partial charge in [-0.2, -0.15) is 0 Å². The third-order valence-electron chi connectivity index (χ3n) is 6.98. The molecule has 5 rings (SSSR count). The summed E-state index contributed by atoms with van der Waals surface area (Å²) in [5.74, 6) is -1.07. The van der Waals surface area contributed by atoms with Crippen molar-refractivity contribution >= 4 is 36.6 Å². The van der Waals surface area contributed by atoms with Crippen molar-refractivity contribution in [1.82, 2.24) is 24.8 Å². The Balaban J connectivity index is 1.17. The topological polar surface area (TPSA) is 153 Å². The van der Waals surface area contributed by atoms with E-state index in [1.807, 2.05) is 54.6 Å². The van der Waals surface area contributed by atoms with Crippen LogP contribution in [0.25, 0.3) is 0 Å². The summed E-state index contributed by atoms with van der Waals surface area (Å²) in [4.78, 5) is 44.6. The average Bonchev–Trinajstić information content (AvgIpc) is 3.01. The molecule has 226 valence electrons. The van der Waals surface area contributed by atoms with Crippen molar-refractivity contribution in [2.75, 3.05) is 5.32 Å². The van der Waals surface area contributed by atoms with Crippen molar-refractivity contribution in [2.24, 2.45) is 0 Å². The number of rotatable bonds is 13. The van der Waals surface area contributed by atoms with E-state index in [9.17, 15) is 19.7 Å². The molecule has 0 unspecified atom stereocenters. The molecule has 1 saturated heterocycles. The number of carbonyl (C=O) groups is 2. The second-order valence-corrected chi connectivity index (χ2v) is 11.8. The lowest BCUT2D eigenvalue weighted by Gasteiger charge is -2.31. The minimum atomic E-state index is -1.21. The summed E-state index contributed by atoms with van der Waals surface area (Å²) in [6, 6.07) is 19.1. The number of carbonyl (C=O) groups excluding carboxylic acids is 2. The molecular formula is C31H32BN6O5S-. The molecule has 0 spiro atoms. The zero-order valence-electron chi connectivity index (χ0n) is 24.0. The highest BCUT2D eigenvalue weighted by atomic mass is 32.2. The number of nitrogens with one attached hydrogen (secondary N) is 1. The number of hydrogen-bond acceptors (Lipinski definition) is 11. The summed E-state index contributed by atoms with van der Waals surface area (Å²) in [5.41, 5.74) is 3.52. The summed E-state index contributed by atoms with van der Waals surface area (Å²) >= 11 is 1.34. The molecule has 1 aliphatic rings. The van der Waals surface area contributed by atoms with Crippen molar-refractivity contribution in [3.63, 3.8) is 0 Å². The Bertz CT molecular complexity index is 1480. The number of amides is 1. The van der Waals surface area contributed by atoms with Gasteiger partial charge in [0.25, 0.3) is 0 Å². The molecule has 0 aliphatic carbocycles. The van der Waals surface area contributed by atoms with Crippen LogP contribution in [0.5, 0.6) is 0 Å². The number of carboxylic acid groups (broad SMARTS) is 1. The first-order valence-corrected chi connectivity index (χ1v) is 15.2. The summed E-state index contributed by atoms with van der Waals surface area (Å²) in [6.45, 7) is 1.86. The van der Waals surface area contributed by atoms with E-state index in [-0.39, 0.29) is 23.9 Å². The van der Waals surface area contributed by atoms with Crippen molar-refractivity contribution in [3.8, 4) is 0 Å². The summed E-state index contributed by atoms with van der Waals surface area (Å²) in [6.07, 6.45) is 7.16. The zero-order valence-corrected chi connectivity index (χ0v) is 24.8. The van der Waals surface area contributed by atoms with Gasteiger partial charge in [0.05, 0.1) is 23.5 Å². The molecule has 11 nitrogen and oxygen atoms in total. The first kappa shape index (κ1) is 31.3. The first-order chi connectivity index (χ1) is 21.4. The molecule has 2 N–H and O–H groups in total. The van der Waals surface area contributed by atoms with Crippen molar-refractivity contribution in [1.29, 1.82) is 0 Å². The SMILES string of the molecule is O=C([O-])C[C@@H]1CC[C@H](Sc2cccnc2NC(=O)Cc2ccc(CN(Cc3ccccn3)Cc3ccccn3)nc2)B(O)O1. The molecule has 1 amide bonds. The van der Waals surface area contributed by atoms with Gasteiger partial charge >= 0.3 is 7.12 Å². The lowest BCUT2D eigenvalue weighted by molar-refractivity contribution is -0.307. The molecule has 0 radical (unpaired) electrons. The first-order valence-electron chi connectivity index (χ1n) is 14.3. The maximum atomic E-state index is 13.0. The Morgan fingerprint density at radius 1 is 0.909 bits per heavy atom. The number of nitrogens with zero attached hydrogens (tertiary/aromatic N) is 5. The minimum Gasteiger partial charge on any atom is -0.550 e. The Morgan fingerprint density at radius 2 is 1.59 bits per heavy atom. The molecule has 4 aromatic rings. The van der Waals surface area contributed by atoms with Crippen LogP contribution in [0.4, 0.5) is 5.82 Å². The van der Waals surface area contributed by atoms with Crippen molar-refractivity contribution in [2.45, 2.75) is 61.5 Å². The van der Waals surface area contributed by atoms with Crippen LogP contribution in [0.1, 0.15) is 41.9 Å². The number of carboxylic acids is 1. The summed E-state index contributed by atoms with van der Waals surface area (Å²) < 4.78 is 5.46. The van der Waals surface area contributed by atoms with Gasteiger partial charge in [0.15, 0.2) is 0 Å². The van der Waals surface area contributed by atoms with Gasteiger partial charge in [-0.25, -0.2) is 4.98 Å². The summed E-state index contributed by atoms with van der Waals surface area (Å²) in [5, 5.41) is 23.8. The molecule has 5 heterocycles. The number of pyridine rings is 4. The largest absolute Gasteiger partial charge is 0.550 e. The molecule has 1 fully saturated rings. The highest BCUT2D eigenvalue weighted by Crippen LogP contribution is 2.35. The molecule has 1 aliphatic heterocycles. The van der Waals surface area contributed by atoms with Gasteiger partial charge in [0, 0.05) is 73.0 Å². The van der Waals surface area contributed by atoms with Crippen LogP contribution in [-0.2, 0) is 40.3 Å². The lowest BCUT2D eigenvalue weighted by Crippen LogP contribution is -2.43. The van der Waals surface area contributed by atoms with Gasteiger partial charge in [-0.3, -0.25) is 24.6 Å². The molecule has 44 heavy (non-hydrogen) atoms. The van der Waals surface area contributed by atoms with E-state index < -0.39 is 19.2 Å². The summed E-state index contributed by atoms with van der Waals surface area (Å²) in [7, 11) is -1.14. The highest BCUT2D eigenvalue weighted by molar-refractivity contribution is 8.01. The Hall–Kier alpha value is -4.17. The van der Waals surface area contributed by atoms with Gasteiger partial charge in [0.2, 0.25) is 5.91 Å². The molecule has 2 atom stereocenters. The van der Waals surface area contributed by atoms with Gasteiger partial charge in [-0.1, -0.05) is 18.2 Å². The van der Waals surface area contributed by atoms with E-state index in [4.69, 9.17) is 4.65 Å². The molecule has 0 aromatic carbocycles. The van der Waals surface area contributed by atoms with Gasteiger partial charge in [-0.05, 0) is 60.9 Å². The predicted octanol–water partition coefficient (Wildman–Crippen LogP) is 2.45. The molecule has 13 heteroatoms. The molecular weight excluding hydrogens is 579 g/mol. The van der Waals surface area contributed by atoms with E-state index in [0.717, 1.165) is 22.6 Å². The average molecular weight is 612 g/mol. The molecule has 0 saturated carbocycles. The normalized spacial score (nSPS) is 16.5. The fraction of sp³-hybridized carbons (Fsp3) is 0.290. The minimum absolute atomic E-state index is 0.111. The third-order valence-corrected chi connectivity index (χ3v) is 8.34. The van der Waals surface area contributed by atoms with Crippen LogP contribution in [0.15, 0.2) is 90.3 Å². The maximum absolute atomic E-state index is 13.0. The predicted molar refractivity (Wildman–Crippen MR) is 164 cm³/mol. The Kier molecular flexibility index (Phi) is 11.0. The van der Waals surface area contributed by atoms with Gasteiger partial charge in [-0.15, -0.1) is 11.8 Å². The van der Waals surface area contributed by atoms with E-state index in [1.165, 1.54) is 11.8 Å². The molecule has 0 bridgehead atoms. The van der Waals surface area contributed by atoms with Crippen molar-refractivity contribution in [3.05, 3.63) is 108 Å². The smallest absolute Gasteiger partial charge is 0.468 e. The zero-order chi connectivity index (χ0) is 30.7. The van der Waals surface area contributed by atoms with E-state index >= 15 is 0 Å². The van der Waals surface area contributed by atoms with Crippen LogP contribution in [0, 0.1) is 0 Å². The Morgan fingerprint density at radius 3 is 2.18 bits per heavy atom. The number of aliphatic carboxylic acids is 1. The fourth-order valence-corrected chi connectivity index (χ4v) is 6.03. The second kappa shape index (κ2) is 15.5. The van der Waals surface area contributed by atoms with Gasteiger partial charge < -0.3 is 24.9 Å². The van der Waals surface area contributed by atoms with Crippen LogP contribution < -0.4 is 10.4 Å². The maximum Gasteiger partial charge on any atom is 0.468 e. The quantitative estimate of drug-likeness (QED) is 0.214. The monoisotopic (exact) mass is 611 g/mol. The van der Waals surface area contributed by atoms with E-state index in [0.29, 0.717) is 43.2 Å². The van der Waals surface area contributed by atoms with E-state index in [2.05, 4.69) is 30.2 Å². The lowest BCUT2D eigenvalue weighted by atomic mass is 9.77. The van der Waals surface area contributed by atoms with Crippen LogP contribution >= 0.6 is 11.8 Å². The van der Waals surface area contributed by atoms with E-state index in [1.54, 1.807) is 30.9 Å². The molecule has 4 aromatic heterocycles. The van der Waals surface area contributed by atoms with Crippen LogP contribution in [0.2, 0.25) is 0 Å². The fourth-order valence-electron chi connectivity index (χ4n) is 4.89. The Labute approximate surface area is 260 Å². The number of thioether (sulfide) groups is 1. The second-order valence-electron chi connectivity index (χ2n) is 10.5. The third kappa shape index (κ3) is 9.42. The van der Waals surface area contributed by atoms with Crippen LogP contribution in [-0.4, -0.2) is 60.1 Å². The van der Waals surface area contributed by atoms with Crippen LogP contribution in [0.3, 0.4) is 0 Å². The van der Waals surface area contributed by atoms with Crippen molar-refractivity contribution < 1.29 is 24.4 Å². The number of hydrogen-bond donors (Lipinski definition) is 2. The highest BCUT2D eigenvalue weighted by Gasteiger charge is 2.36. The number of anilines is 1. The number of aromatic nitrogens is 4.